The lowest BCUT2D eigenvalue weighted by molar-refractivity contribution is 0.381. The van der Waals surface area contributed by atoms with Crippen LogP contribution in [0.3, 0.4) is 0 Å². The van der Waals surface area contributed by atoms with Crippen LogP contribution in [0, 0.1) is 0 Å². The largest absolute Gasteiger partial charge is 0.394 e. The maximum absolute atomic E-state index is 8.74. The lowest BCUT2D eigenvalue weighted by atomic mass is 10.4. The molecule has 0 unspecified atom stereocenters. The van der Waals surface area contributed by atoms with Crippen molar-refractivity contribution in [2.24, 2.45) is 5.73 Å². The van der Waals surface area contributed by atoms with Gasteiger partial charge in [0.1, 0.15) is 0 Å². The summed E-state index contributed by atoms with van der Waals surface area (Å²) in [5.74, 6) is 0. The van der Waals surface area contributed by atoms with Crippen molar-refractivity contribution in [3.63, 3.8) is 0 Å². The minimum atomic E-state index is -4.67. The summed E-state index contributed by atoms with van der Waals surface area (Å²) in [6.45, 7) is 0. The molecule has 13 heavy (non-hydrogen) atoms. The summed E-state index contributed by atoms with van der Waals surface area (Å²) in [6, 6.07) is 12.0. The van der Waals surface area contributed by atoms with Crippen LogP contribution >= 0.6 is 0 Å². The zero-order valence-corrected chi connectivity index (χ0v) is 7.98. The minimum absolute atomic E-state index is 1.50. The van der Waals surface area contributed by atoms with Crippen molar-refractivity contribution >= 4 is 10.4 Å². The molecule has 0 radical (unpaired) electrons. The summed E-state index contributed by atoms with van der Waals surface area (Å²) >= 11 is 0. The average molecular weight is 207 g/mol. The van der Waals surface area contributed by atoms with E-state index < -0.39 is 10.4 Å². The van der Waals surface area contributed by atoms with Crippen LogP contribution in [-0.2, 0) is 10.4 Å². The number of rotatable bonds is 0. The summed E-state index contributed by atoms with van der Waals surface area (Å²) in [4.78, 5) is 0. The molecule has 1 aromatic carbocycles. The predicted molar refractivity (Wildman–Crippen MR) is 50.7 cm³/mol. The van der Waals surface area contributed by atoms with Gasteiger partial charge >= 0.3 is 10.4 Å². The molecule has 0 fully saturated rings. The molecule has 0 heterocycles. The third-order valence-corrected chi connectivity index (χ3v) is 0.667. The molecule has 0 saturated heterocycles. The van der Waals surface area contributed by atoms with Gasteiger partial charge in [-0.05, 0) is 7.05 Å². The molecule has 0 saturated carbocycles. The van der Waals surface area contributed by atoms with Crippen LogP contribution in [0.25, 0.3) is 0 Å². The SMILES string of the molecule is CN.O=S(=O)(O)O.c1ccccc1. The molecule has 5 nitrogen and oxygen atoms in total. The summed E-state index contributed by atoms with van der Waals surface area (Å²) in [7, 11) is -3.17. The maximum Gasteiger partial charge on any atom is 0.394 e. The van der Waals surface area contributed by atoms with Crippen LogP contribution in [0.15, 0.2) is 36.4 Å². The maximum atomic E-state index is 8.74. The zero-order valence-electron chi connectivity index (χ0n) is 7.16. The molecule has 0 aliphatic heterocycles. The van der Waals surface area contributed by atoms with Gasteiger partial charge in [-0.1, -0.05) is 36.4 Å². The Labute approximate surface area is 77.8 Å². The van der Waals surface area contributed by atoms with Crippen molar-refractivity contribution in [3.05, 3.63) is 36.4 Å². The van der Waals surface area contributed by atoms with Crippen LogP contribution in [0.4, 0.5) is 0 Å². The summed E-state index contributed by atoms with van der Waals surface area (Å²) in [5.41, 5.74) is 4.50. The van der Waals surface area contributed by atoms with E-state index in [9.17, 15) is 0 Å². The van der Waals surface area contributed by atoms with Crippen LogP contribution in [0.1, 0.15) is 0 Å². The molecular formula is C7H13NO4S. The highest BCUT2D eigenvalue weighted by molar-refractivity contribution is 7.79. The summed E-state index contributed by atoms with van der Waals surface area (Å²) < 4.78 is 31.6. The topological polar surface area (TPSA) is 101 Å². The second kappa shape index (κ2) is 9.14. The molecule has 1 rings (SSSR count). The number of hydrogen-bond acceptors (Lipinski definition) is 3. The van der Waals surface area contributed by atoms with Crippen molar-refractivity contribution in [2.75, 3.05) is 7.05 Å². The van der Waals surface area contributed by atoms with Gasteiger partial charge in [-0.15, -0.1) is 0 Å². The first-order chi connectivity index (χ1) is 6.00. The molecule has 0 aromatic heterocycles. The Morgan fingerprint density at radius 1 is 0.846 bits per heavy atom. The molecule has 6 heteroatoms. The zero-order chi connectivity index (χ0) is 10.7. The first-order valence-electron chi connectivity index (χ1n) is 3.28. The van der Waals surface area contributed by atoms with E-state index in [0.29, 0.717) is 0 Å². The van der Waals surface area contributed by atoms with E-state index in [0.717, 1.165) is 0 Å². The van der Waals surface area contributed by atoms with E-state index in [-0.39, 0.29) is 0 Å². The number of hydrogen-bond donors (Lipinski definition) is 3. The van der Waals surface area contributed by atoms with Gasteiger partial charge in [-0.2, -0.15) is 8.42 Å². The van der Waals surface area contributed by atoms with Crippen molar-refractivity contribution < 1.29 is 17.5 Å². The average Bonchev–Trinajstić information content (AvgIpc) is 2.08. The van der Waals surface area contributed by atoms with Crippen LogP contribution in [-0.4, -0.2) is 24.6 Å². The minimum Gasteiger partial charge on any atom is -0.333 e. The van der Waals surface area contributed by atoms with Crippen LogP contribution in [0.5, 0.6) is 0 Å². The van der Waals surface area contributed by atoms with Gasteiger partial charge in [0.15, 0.2) is 0 Å². The van der Waals surface area contributed by atoms with E-state index in [1.807, 2.05) is 36.4 Å². The van der Waals surface area contributed by atoms with Gasteiger partial charge in [0.25, 0.3) is 0 Å². The number of benzene rings is 1. The molecule has 0 amide bonds. The molecule has 0 spiro atoms. The highest BCUT2D eigenvalue weighted by Gasteiger charge is 1.84. The predicted octanol–water partition coefficient (Wildman–Crippen LogP) is 0.609. The molecule has 1 aromatic rings. The van der Waals surface area contributed by atoms with Crippen molar-refractivity contribution in [1.82, 2.24) is 0 Å². The Bertz CT molecular complexity index is 237. The molecule has 76 valence electrons. The van der Waals surface area contributed by atoms with Gasteiger partial charge in [-0.25, -0.2) is 0 Å². The fourth-order valence-corrected chi connectivity index (χ4v) is 0.385. The van der Waals surface area contributed by atoms with Gasteiger partial charge in [0.05, 0.1) is 0 Å². The van der Waals surface area contributed by atoms with E-state index >= 15 is 0 Å². The lowest BCUT2D eigenvalue weighted by Gasteiger charge is -1.69. The van der Waals surface area contributed by atoms with E-state index in [2.05, 4.69) is 5.73 Å². The van der Waals surface area contributed by atoms with Crippen molar-refractivity contribution in [2.45, 2.75) is 0 Å². The normalized spacial score (nSPS) is 8.62. The number of nitrogens with two attached hydrogens (primary N) is 1. The summed E-state index contributed by atoms with van der Waals surface area (Å²) in [6.07, 6.45) is 0. The Morgan fingerprint density at radius 3 is 1.00 bits per heavy atom. The van der Waals surface area contributed by atoms with Gasteiger partial charge in [0, 0.05) is 0 Å². The van der Waals surface area contributed by atoms with Gasteiger partial charge < -0.3 is 5.73 Å². The second-order valence-corrected chi connectivity index (χ2v) is 2.50. The van der Waals surface area contributed by atoms with E-state index in [1.54, 1.807) is 0 Å². The molecule has 0 atom stereocenters. The highest BCUT2D eigenvalue weighted by Crippen LogP contribution is 1.79. The third kappa shape index (κ3) is 35.5. The first kappa shape index (κ1) is 14.6. The Hall–Kier alpha value is -0.950. The Balaban J connectivity index is 0. The second-order valence-electron chi connectivity index (χ2n) is 1.60. The van der Waals surface area contributed by atoms with Crippen LogP contribution < -0.4 is 5.73 Å². The third-order valence-electron chi connectivity index (χ3n) is 0.667. The molecule has 0 aliphatic rings. The Kier molecular flexibility index (Phi) is 10.2. The summed E-state index contributed by atoms with van der Waals surface area (Å²) in [5, 5.41) is 0. The quantitative estimate of drug-likeness (QED) is 0.541. The standard InChI is InChI=1S/C6H6.CH5N.H2O4S/c1-2-4-6-5-3-1;1-2;1-5(2,3)4/h1-6H;2H2,1H3;(H2,1,2,3,4). The van der Waals surface area contributed by atoms with Gasteiger partial charge in [0.2, 0.25) is 0 Å². The van der Waals surface area contributed by atoms with E-state index in [1.165, 1.54) is 7.05 Å². The van der Waals surface area contributed by atoms with Crippen molar-refractivity contribution in [3.8, 4) is 0 Å². The monoisotopic (exact) mass is 207 g/mol. The van der Waals surface area contributed by atoms with E-state index in [4.69, 9.17) is 17.5 Å². The fourth-order valence-electron chi connectivity index (χ4n) is 0.385. The smallest absolute Gasteiger partial charge is 0.333 e. The highest BCUT2D eigenvalue weighted by atomic mass is 32.3. The van der Waals surface area contributed by atoms with Crippen LogP contribution in [0.2, 0.25) is 0 Å². The fraction of sp³-hybridized carbons (Fsp3) is 0.143. The van der Waals surface area contributed by atoms with Crippen molar-refractivity contribution in [1.29, 1.82) is 0 Å². The molecular weight excluding hydrogens is 194 g/mol. The molecule has 0 aliphatic carbocycles. The molecule has 4 N–H and O–H groups in total. The Morgan fingerprint density at radius 2 is 0.923 bits per heavy atom. The van der Waals surface area contributed by atoms with Gasteiger partial charge in [-0.3, -0.25) is 9.11 Å². The lowest BCUT2D eigenvalue weighted by Crippen LogP contribution is -1.89. The first-order valence-corrected chi connectivity index (χ1v) is 4.67. The molecule has 0 bridgehead atoms.